The summed E-state index contributed by atoms with van der Waals surface area (Å²) in [6, 6.07) is 0.630. The number of nitrogens with one attached hydrogen (secondary N) is 1. The number of nitrogens with two attached hydrogens (primary N) is 1. The zero-order valence-electron chi connectivity index (χ0n) is 9.34. The maximum absolute atomic E-state index is 6.03. The highest BCUT2D eigenvalue weighted by atomic mass is 32.2. The number of hydrogen-bond acceptors (Lipinski definition) is 4. The minimum absolute atomic E-state index is 0.204. The first kappa shape index (κ1) is 11.7. The minimum atomic E-state index is 0.204. The van der Waals surface area contributed by atoms with Gasteiger partial charge in [-0.3, -0.25) is 0 Å². The quantitative estimate of drug-likeness (QED) is 0.759. The van der Waals surface area contributed by atoms with Gasteiger partial charge in [0.1, 0.15) is 0 Å². The van der Waals surface area contributed by atoms with Gasteiger partial charge in [-0.1, -0.05) is 0 Å². The molecule has 2 fully saturated rings. The predicted octanol–water partition coefficient (Wildman–Crippen LogP) is 0.979. The standard InChI is InChI=1S/C11H22N2OS/c12-4-5-13-10-1-6-14-11(9-10)2-7-15-8-3-11/h10,13H,1-9,12H2. The topological polar surface area (TPSA) is 47.3 Å². The smallest absolute Gasteiger partial charge is 0.0713 e. The molecule has 0 aliphatic carbocycles. The van der Waals surface area contributed by atoms with Crippen LogP contribution in [0.1, 0.15) is 25.7 Å². The van der Waals surface area contributed by atoms with E-state index in [2.05, 4.69) is 17.1 Å². The molecule has 0 radical (unpaired) electrons. The van der Waals surface area contributed by atoms with Crippen molar-refractivity contribution in [3.05, 3.63) is 0 Å². The van der Waals surface area contributed by atoms with Crippen LogP contribution in [0.4, 0.5) is 0 Å². The fraction of sp³-hybridized carbons (Fsp3) is 1.00. The largest absolute Gasteiger partial charge is 0.375 e. The van der Waals surface area contributed by atoms with Crippen molar-refractivity contribution < 1.29 is 4.74 Å². The van der Waals surface area contributed by atoms with Gasteiger partial charge in [-0.2, -0.15) is 11.8 Å². The molecule has 0 bridgehead atoms. The highest BCUT2D eigenvalue weighted by Gasteiger charge is 2.38. The summed E-state index contributed by atoms with van der Waals surface area (Å²) in [6.45, 7) is 2.60. The van der Waals surface area contributed by atoms with Gasteiger partial charge in [-0.05, 0) is 37.2 Å². The van der Waals surface area contributed by atoms with E-state index in [1.54, 1.807) is 0 Å². The molecule has 15 heavy (non-hydrogen) atoms. The molecule has 0 saturated carbocycles. The first-order chi connectivity index (χ1) is 7.35. The Labute approximate surface area is 96.5 Å². The molecule has 4 heteroatoms. The fourth-order valence-corrected chi connectivity index (χ4v) is 3.82. The van der Waals surface area contributed by atoms with E-state index in [0.717, 1.165) is 26.1 Å². The van der Waals surface area contributed by atoms with E-state index in [0.29, 0.717) is 6.04 Å². The Kier molecular flexibility index (Phi) is 4.31. The van der Waals surface area contributed by atoms with Gasteiger partial charge in [0.25, 0.3) is 0 Å². The lowest BCUT2D eigenvalue weighted by atomic mass is 9.85. The summed E-state index contributed by atoms with van der Waals surface area (Å²) in [4.78, 5) is 0. The molecule has 3 nitrogen and oxygen atoms in total. The van der Waals surface area contributed by atoms with Gasteiger partial charge in [0.2, 0.25) is 0 Å². The highest BCUT2D eigenvalue weighted by molar-refractivity contribution is 7.99. The summed E-state index contributed by atoms with van der Waals surface area (Å²) in [5, 5.41) is 3.53. The normalized spacial score (nSPS) is 30.6. The van der Waals surface area contributed by atoms with Crippen LogP contribution in [0, 0.1) is 0 Å². The molecule has 1 unspecified atom stereocenters. The highest BCUT2D eigenvalue weighted by Crippen LogP contribution is 2.37. The van der Waals surface area contributed by atoms with Crippen molar-refractivity contribution in [2.75, 3.05) is 31.2 Å². The molecule has 2 saturated heterocycles. The van der Waals surface area contributed by atoms with Gasteiger partial charge in [0.05, 0.1) is 5.60 Å². The Hall–Kier alpha value is 0.230. The van der Waals surface area contributed by atoms with E-state index < -0.39 is 0 Å². The molecule has 88 valence electrons. The second-order valence-corrected chi connectivity index (χ2v) is 5.80. The Bertz CT molecular complexity index is 190. The van der Waals surface area contributed by atoms with Crippen LogP contribution >= 0.6 is 11.8 Å². The summed E-state index contributed by atoms with van der Waals surface area (Å²) < 4.78 is 6.03. The van der Waals surface area contributed by atoms with Crippen LogP contribution in [0.25, 0.3) is 0 Å². The molecule has 0 aromatic heterocycles. The third-order valence-corrected chi connectivity index (χ3v) is 4.46. The third-order valence-electron chi connectivity index (χ3n) is 3.47. The van der Waals surface area contributed by atoms with Crippen molar-refractivity contribution in [2.45, 2.75) is 37.3 Å². The number of hydrogen-bond donors (Lipinski definition) is 2. The molecule has 0 aromatic rings. The molecule has 3 N–H and O–H groups in total. The van der Waals surface area contributed by atoms with Gasteiger partial charge in [-0.25, -0.2) is 0 Å². The van der Waals surface area contributed by atoms with E-state index in [9.17, 15) is 0 Å². The predicted molar refractivity (Wildman–Crippen MR) is 65.3 cm³/mol. The monoisotopic (exact) mass is 230 g/mol. The first-order valence-corrected chi connectivity index (χ1v) is 7.15. The van der Waals surface area contributed by atoms with E-state index in [-0.39, 0.29) is 5.60 Å². The maximum Gasteiger partial charge on any atom is 0.0713 e. The number of ether oxygens (including phenoxy) is 1. The van der Waals surface area contributed by atoms with Crippen molar-refractivity contribution in [3.8, 4) is 0 Å². The summed E-state index contributed by atoms with van der Waals surface area (Å²) in [6.07, 6.45) is 4.80. The van der Waals surface area contributed by atoms with Gasteiger partial charge in [0, 0.05) is 25.7 Å². The lowest BCUT2D eigenvalue weighted by Crippen LogP contribution is -2.49. The lowest BCUT2D eigenvalue weighted by Gasteiger charge is -2.43. The zero-order valence-corrected chi connectivity index (χ0v) is 10.2. The molecular formula is C11H22N2OS. The van der Waals surface area contributed by atoms with Crippen LogP contribution in [0.2, 0.25) is 0 Å². The second-order valence-electron chi connectivity index (χ2n) is 4.58. The molecule has 1 spiro atoms. The molecule has 0 aromatic carbocycles. The van der Waals surface area contributed by atoms with E-state index >= 15 is 0 Å². The molecule has 2 rings (SSSR count). The van der Waals surface area contributed by atoms with Crippen molar-refractivity contribution >= 4 is 11.8 Å². The fourth-order valence-electron chi connectivity index (χ4n) is 2.58. The Morgan fingerprint density at radius 1 is 1.40 bits per heavy atom. The Balaban J connectivity index is 1.85. The summed E-state index contributed by atoms with van der Waals surface area (Å²) in [5.41, 5.74) is 5.72. The summed E-state index contributed by atoms with van der Waals surface area (Å²) in [5.74, 6) is 2.53. The van der Waals surface area contributed by atoms with E-state index in [1.165, 1.54) is 30.8 Å². The van der Waals surface area contributed by atoms with Crippen molar-refractivity contribution in [1.82, 2.24) is 5.32 Å². The Morgan fingerprint density at radius 2 is 2.20 bits per heavy atom. The van der Waals surface area contributed by atoms with Gasteiger partial charge < -0.3 is 15.8 Å². The van der Waals surface area contributed by atoms with Crippen molar-refractivity contribution in [1.29, 1.82) is 0 Å². The first-order valence-electron chi connectivity index (χ1n) is 6.00. The molecule has 2 heterocycles. The molecule has 1 atom stereocenters. The van der Waals surface area contributed by atoms with Crippen molar-refractivity contribution in [2.24, 2.45) is 5.73 Å². The molecule has 0 amide bonds. The average Bonchev–Trinajstić information content (AvgIpc) is 2.28. The maximum atomic E-state index is 6.03. The third kappa shape index (κ3) is 3.09. The molecule has 2 aliphatic rings. The van der Waals surface area contributed by atoms with Crippen molar-refractivity contribution in [3.63, 3.8) is 0 Å². The zero-order chi connectivity index (χ0) is 10.6. The van der Waals surface area contributed by atoms with Crippen LogP contribution in [-0.2, 0) is 4.74 Å². The van der Waals surface area contributed by atoms with Gasteiger partial charge in [0.15, 0.2) is 0 Å². The Morgan fingerprint density at radius 3 is 2.93 bits per heavy atom. The van der Waals surface area contributed by atoms with E-state index in [4.69, 9.17) is 10.5 Å². The lowest BCUT2D eigenvalue weighted by molar-refractivity contribution is -0.0929. The average molecular weight is 230 g/mol. The van der Waals surface area contributed by atoms with Crippen LogP contribution in [0.5, 0.6) is 0 Å². The van der Waals surface area contributed by atoms with Gasteiger partial charge in [-0.15, -0.1) is 0 Å². The molecular weight excluding hydrogens is 208 g/mol. The molecule has 2 aliphatic heterocycles. The van der Waals surface area contributed by atoms with Crippen LogP contribution < -0.4 is 11.1 Å². The summed E-state index contributed by atoms with van der Waals surface area (Å²) in [7, 11) is 0. The number of rotatable bonds is 3. The SMILES string of the molecule is NCCNC1CCOC2(CCSCC2)C1. The van der Waals surface area contributed by atoms with E-state index in [1.807, 2.05) is 0 Å². The van der Waals surface area contributed by atoms with Crippen LogP contribution in [-0.4, -0.2) is 42.8 Å². The van der Waals surface area contributed by atoms with Crippen LogP contribution in [0.3, 0.4) is 0 Å². The summed E-state index contributed by atoms with van der Waals surface area (Å²) >= 11 is 2.06. The minimum Gasteiger partial charge on any atom is -0.375 e. The second kappa shape index (κ2) is 5.53. The van der Waals surface area contributed by atoms with Crippen LogP contribution in [0.15, 0.2) is 0 Å². The number of thioether (sulfide) groups is 1. The van der Waals surface area contributed by atoms with Gasteiger partial charge >= 0.3 is 0 Å².